The Hall–Kier alpha value is -2.30. The first-order chi connectivity index (χ1) is 9.99. The van der Waals surface area contributed by atoms with E-state index in [-0.39, 0.29) is 11.5 Å². The molecule has 0 amide bonds. The summed E-state index contributed by atoms with van der Waals surface area (Å²) in [4.78, 5) is 19.5. The summed E-state index contributed by atoms with van der Waals surface area (Å²) in [6.45, 7) is 5.73. The van der Waals surface area contributed by atoms with Gasteiger partial charge in [-0.25, -0.2) is 4.98 Å². The normalized spacial score (nSPS) is 10.8. The Morgan fingerprint density at radius 1 is 1.19 bits per heavy atom. The lowest BCUT2D eigenvalue weighted by Crippen LogP contribution is -2.17. The van der Waals surface area contributed by atoms with Crippen LogP contribution in [-0.2, 0) is 0 Å². The molecule has 0 bridgehead atoms. The van der Waals surface area contributed by atoms with E-state index in [1.807, 2.05) is 32.0 Å². The molecule has 0 aliphatic carbocycles. The van der Waals surface area contributed by atoms with Gasteiger partial charge >= 0.3 is 0 Å². The fourth-order valence-corrected chi connectivity index (χ4v) is 2.16. The number of para-hydroxylation sites is 1. The van der Waals surface area contributed by atoms with Crippen LogP contribution in [0.1, 0.15) is 31.2 Å². The van der Waals surface area contributed by atoms with Crippen molar-refractivity contribution in [2.75, 3.05) is 14.2 Å². The number of rotatable bonds is 4. The van der Waals surface area contributed by atoms with E-state index in [0.29, 0.717) is 28.6 Å². The number of nitrogens with zero attached hydrogens (tertiary/aromatic N) is 1. The first-order valence-corrected chi connectivity index (χ1v) is 6.81. The molecule has 0 saturated carbocycles. The van der Waals surface area contributed by atoms with Crippen LogP contribution in [0.15, 0.2) is 23.0 Å². The highest BCUT2D eigenvalue weighted by atomic mass is 16.5. The van der Waals surface area contributed by atoms with Gasteiger partial charge in [-0.2, -0.15) is 0 Å². The van der Waals surface area contributed by atoms with Crippen LogP contribution in [0.25, 0.3) is 11.3 Å². The van der Waals surface area contributed by atoms with E-state index in [2.05, 4.69) is 9.97 Å². The molecule has 0 fully saturated rings. The Morgan fingerprint density at radius 2 is 1.90 bits per heavy atom. The number of hydrogen-bond acceptors (Lipinski definition) is 4. The van der Waals surface area contributed by atoms with Crippen molar-refractivity contribution < 1.29 is 9.47 Å². The average molecular weight is 288 g/mol. The van der Waals surface area contributed by atoms with Crippen molar-refractivity contribution in [1.29, 1.82) is 0 Å². The summed E-state index contributed by atoms with van der Waals surface area (Å²) in [6.07, 6.45) is 0. The van der Waals surface area contributed by atoms with Crippen LogP contribution in [0, 0.1) is 6.92 Å². The van der Waals surface area contributed by atoms with Crippen LogP contribution < -0.4 is 15.0 Å². The van der Waals surface area contributed by atoms with Gasteiger partial charge in [0.2, 0.25) is 0 Å². The maximum Gasteiger partial charge on any atom is 0.254 e. The summed E-state index contributed by atoms with van der Waals surface area (Å²) in [5.41, 5.74) is 1.81. The zero-order valence-electron chi connectivity index (χ0n) is 13.0. The quantitative estimate of drug-likeness (QED) is 0.939. The Morgan fingerprint density at radius 3 is 2.48 bits per heavy atom. The minimum Gasteiger partial charge on any atom is -0.493 e. The summed E-state index contributed by atoms with van der Waals surface area (Å²) >= 11 is 0. The van der Waals surface area contributed by atoms with Crippen LogP contribution in [0.5, 0.6) is 11.5 Å². The molecule has 2 aromatic rings. The van der Waals surface area contributed by atoms with E-state index in [1.165, 1.54) is 0 Å². The van der Waals surface area contributed by atoms with Gasteiger partial charge in [0, 0.05) is 17.0 Å². The maximum absolute atomic E-state index is 12.1. The Bertz CT molecular complexity index is 705. The van der Waals surface area contributed by atoms with Gasteiger partial charge in [0.05, 0.1) is 19.9 Å². The molecule has 5 heteroatoms. The molecule has 21 heavy (non-hydrogen) atoms. The van der Waals surface area contributed by atoms with Gasteiger partial charge in [-0.05, 0) is 19.1 Å². The number of benzene rings is 1. The fourth-order valence-electron chi connectivity index (χ4n) is 2.16. The predicted octanol–water partition coefficient (Wildman–Crippen LogP) is 2.89. The summed E-state index contributed by atoms with van der Waals surface area (Å²) < 4.78 is 10.7. The molecule has 0 radical (unpaired) electrons. The molecule has 0 spiro atoms. The number of methoxy groups -OCH3 is 2. The summed E-state index contributed by atoms with van der Waals surface area (Å²) in [7, 11) is 3.16. The monoisotopic (exact) mass is 288 g/mol. The molecule has 0 aliphatic rings. The number of aromatic nitrogens is 2. The number of H-pyrrole nitrogens is 1. The van der Waals surface area contributed by atoms with Gasteiger partial charge in [0.15, 0.2) is 11.5 Å². The fraction of sp³-hybridized carbons (Fsp3) is 0.375. The molecule has 1 heterocycles. The third kappa shape index (κ3) is 2.77. The third-order valence-electron chi connectivity index (χ3n) is 3.37. The topological polar surface area (TPSA) is 64.2 Å². The van der Waals surface area contributed by atoms with Crippen LogP contribution >= 0.6 is 0 Å². The lowest BCUT2D eigenvalue weighted by Gasteiger charge is -2.15. The summed E-state index contributed by atoms with van der Waals surface area (Å²) in [5, 5.41) is 0. The van der Waals surface area contributed by atoms with Crippen LogP contribution in [-0.4, -0.2) is 24.2 Å². The Kier molecular flexibility index (Phi) is 4.31. The molecule has 112 valence electrons. The minimum absolute atomic E-state index is 0.131. The van der Waals surface area contributed by atoms with Crippen LogP contribution in [0.3, 0.4) is 0 Å². The van der Waals surface area contributed by atoms with Crippen molar-refractivity contribution in [2.45, 2.75) is 26.7 Å². The number of ether oxygens (including phenoxy) is 2. The molecule has 1 aromatic heterocycles. The number of nitrogens with one attached hydrogen (secondary N) is 1. The van der Waals surface area contributed by atoms with Crippen LogP contribution in [0.4, 0.5) is 0 Å². The van der Waals surface area contributed by atoms with Gasteiger partial charge in [0.1, 0.15) is 5.82 Å². The summed E-state index contributed by atoms with van der Waals surface area (Å²) in [6, 6.07) is 5.54. The van der Waals surface area contributed by atoms with Crippen molar-refractivity contribution in [3.05, 3.63) is 39.9 Å². The van der Waals surface area contributed by atoms with Crippen molar-refractivity contribution in [3.8, 4) is 22.8 Å². The second-order valence-corrected chi connectivity index (χ2v) is 5.12. The molecule has 0 saturated heterocycles. The van der Waals surface area contributed by atoms with Crippen molar-refractivity contribution in [3.63, 3.8) is 0 Å². The molecular formula is C16H20N2O3. The SMILES string of the molecule is COc1cccc(-c2nc(C(C)C)[nH]c(=O)c2C)c1OC. The molecule has 0 aliphatic heterocycles. The Balaban J connectivity index is 2.75. The van der Waals surface area contributed by atoms with Crippen molar-refractivity contribution in [1.82, 2.24) is 9.97 Å². The minimum atomic E-state index is -0.131. The van der Waals surface area contributed by atoms with E-state index in [1.54, 1.807) is 21.1 Å². The molecule has 0 atom stereocenters. The van der Waals surface area contributed by atoms with Crippen LogP contribution in [0.2, 0.25) is 0 Å². The van der Waals surface area contributed by atoms with Crippen molar-refractivity contribution >= 4 is 0 Å². The third-order valence-corrected chi connectivity index (χ3v) is 3.37. The smallest absolute Gasteiger partial charge is 0.254 e. The van der Waals surface area contributed by atoms with E-state index in [0.717, 1.165) is 5.56 Å². The first kappa shape index (κ1) is 15.1. The van der Waals surface area contributed by atoms with E-state index in [9.17, 15) is 4.79 Å². The standard InChI is InChI=1S/C16H20N2O3/c1-9(2)15-17-13(10(3)16(19)18-15)11-7-6-8-12(20-4)14(11)21-5/h6-9H,1-5H3,(H,17,18,19). The highest BCUT2D eigenvalue weighted by molar-refractivity contribution is 5.73. The van der Waals surface area contributed by atoms with E-state index in [4.69, 9.17) is 9.47 Å². The second kappa shape index (κ2) is 5.99. The molecular weight excluding hydrogens is 268 g/mol. The molecule has 0 unspecified atom stereocenters. The molecule has 1 aromatic carbocycles. The molecule has 1 N–H and O–H groups in total. The number of aromatic amines is 1. The highest BCUT2D eigenvalue weighted by Crippen LogP contribution is 2.37. The molecule has 2 rings (SSSR count). The highest BCUT2D eigenvalue weighted by Gasteiger charge is 2.17. The summed E-state index contributed by atoms with van der Waals surface area (Å²) in [5.74, 6) is 1.98. The first-order valence-electron chi connectivity index (χ1n) is 6.81. The second-order valence-electron chi connectivity index (χ2n) is 5.12. The van der Waals surface area contributed by atoms with Gasteiger partial charge in [-0.3, -0.25) is 4.79 Å². The number of hydrogen-bond donors (Lipinski definition) is 1. The maximum atomic E-state index is 12.1. The van der Waals surface area contributed by atoms with Crippen molar-refractivity contribution in [2.24, 2.45) is 0 Å². The lowest BCUT2D eigenvalue weighted by molar-refractivity contribution is 0.356. The molecule has 5 nitrogen and oxygen atoms in total. The van der Waals surface area contributed by atoms with Gasteiger partial charge in [0.25, 0.3) is 5.56 Å². The Labute approximate surface area is 124 Å². The predicted molar refractivity (Wildman–Crippen MR) is 82.2 cm³/mol. The zero-order valence-corrected chi connectivity index (χ0v) is 13.0. The lowest BCUT2D eigenvalue weighted by atomic mass is 10.1. The van der Waals surface area contributed by atoms with Gasteiger partial charge in [-0.1, -0.05) is 19.9 Å². The zero-order chi connectivity index (χ0) is 15.6. The van der Waals surface area contributed by atoms with Gasteiger partial charge in [-0.15, -0.1) is 0 Å². The van der Waals surface area contributed by atoms with E-state index >= 15 is 0 Å². The average Bonchev–Trinajstić information content (AvgIpc) is 2.48. The van der Waals surface area contributed by atoms with E-state index < -0.39 is 0 Å². The largest absolute Gasteiger partial charge is 0.493 e. The van der Waals surface area contributed by atoms with Gasteiger partial charge < -0.3 is 14.5 Å².